The molecule has 7 heteroatoms. The first-order valence-corrected chi connectivity index (χ1v) is 17.4. The molecule has 258 valence electrons. The molecule has 0 fully saturated rings. The molecule has 2 heterocycles. The number of carboxylic acids is 2. The molecule has 0 saturated heterocycles. The first kappa shape index (κ1) is 35.1. The van der Waals surface area contributed by atoms with E-state index in [-0.39, 0.29) is 24.3 Å². The van der Waals surface area contributed by atoms with Crippen LogP contribution in [0.2, 0.25) is 0 Å². The Kier molecular flexibility index (Phi) is 9.82. The number of carbonyl (C=O) groups is 2. The first-order valence-electron chi connectivity index (χ1n) is 17.4. The van der Waals surface area contributed by atoms with Gasteiger partial charge in [0.2, 0.25) is 0 Å². The molecule has 4 aromatic carbocycles. The number of nitrogens with zero attached hydrogens (tertiary/aromatic N) is 2. The van der Waals surface area contributed by atoms with Gasteiger partial charge in [-0.1, -0.05) is 80.6 Å². The van der Waals surface area contributed by atoms with E-state index < -0.39 is 17.4 Å². The monoisotopic (exact) mass is 678 g/mol. The zero-order valence-electron chi connectivity index (χ0n) is 29.6. The maximum absolute atomic E-state index is 11.7. The van der Waals surface area contributed by atoms with Gasteiger partial charge in [-0.2, -0.15) is 5.26 Å². The topological polar surface area (TPSA) is 106 Å². The highest BCUT2D eigenvalue weighted by molar-refractivity contribution is 5.78. The SMILES string of the molecule is CC1(C)\C(=C/C=C(C#N)/C=C/C2[NH+](CCC(=O)O)c3ccc(-c4ccccc4)cc3C2(C)C)N(CCC(=O)O)c2ccc(-c3ccccc3)cc21. The molecule has 0 spiro atoms. The van der Waals surface area contributed by atoms with Gasteiger partial charge in [0, 0.05) is 28.9 Å². The van der Waals surface area contributed by atoms with E-state index in [2.05, 4.69) is 105 Å². The minimum atomic E-state index is -0.872. The Hall–Kier alpha value is -5.71. The van der Waals surface area contributed by atoms with Crippen LogP contribution in [0, 0.1) is 11.3 Å². The summed E-state index contributed by atoms with van der Waals surface area (Å²) in [4.78, 5) is 26.5. The van der Waals surface area contributed by atoms with Crippen molar-refractivity contribution in [3.63, 3.8) is 0 Å². The summed E-state index contributed by atoms with van der Waals surface area (Å²) in [5.41, 5.74) is 9.30. The largest absolute Gasteiger partial charge is 0.481 e. The molecule has 2 unspecified atom stereocenters. The van der Waals surface area contributed by atoms with Crippen molar-refractivity contribution in [3.8, 4) is 28.3 Å². The van der Waals surface area contributed by atoms with Gasteiger partial charge in [-0.05, 0) is 96.3 Å². The highest BCUT2D eigenvalue weighted by Gasteiger charge is 2.48. The van der Waals surface area contributed by atoms with Gasteiger partial charge in [-0.25, -0.2) is 0 Å². The van der Waals surface area contributed by atoms with Crippen LogP contribution in [-0.4, -0.2) is 41.3 Å². The van der Waals surface area contributed by atoms with Crippen molar-refractivity contribution < 1.29 is 24.7 Å². The number of anilines is 1. The molecule has 0 aliphatic carbocycles. The van der Waals surface area contributed by atoms with Crippen molar-refractivity contribution in [2.45, 2.75) is 57.4 Å². The van der Waals surface area contributed by atoms with Gasteiger partial charge in [0.15, 0.2) is 0 Å². The summed E-state index contributed by atoms with van der Waals surface area (Å²) in [7, 11) is 0. The van der Waals surface area contributed by atoms with Crippen LogP contribution in [0.25, 0.3) is 22.3 Å². The number of fused-ring (bicyclic) bond motifs is 2. The molecule has 0 amide bonds. The van der Waals surface area contributed by atoms with Gasteiger partial charge in [0.05, 0.1) is 36.4 Å². The summed E-state index contributed by atoms with van der Waals surface area (Å²) in [6.07, 6.45) is 7.65. The van der Waals surface area contributed by atoms with E-state index >= 15 is 0 Å². The zero-order chi connectivity index (χ0) is 36.3. The Morgan fingerprint density at radius 3 is 1.98 bits per heavy atom. The summed E-state index contributed by atoms with van der Waals surface area (Å²) >= 11 is 0. The Morgan fingerprint density at radius 1 is 0.804 bits per heavy atom. The number of nitriles is 1. The lowest BCUT2D eigenvalue weighted by atomic mass is 9.79. The lowest BCUT2D eigenvalue weighted by Gasteiger charge is -2.27. The number of nitrogens with one attached hydrogen (secondary N) is 1. The van der Waals surface area contributed by atoms with Crippen molar-refractivity contribution in [3.05, 3.63) is 144 Å². The van der Waals surface area contributed by atoms with Gasteiger partial charge < -0.3 is 15.1 Å². The summed E-state index contributed by atoms with van der Waals surface area (Å²) in [5, 5.41) is 29.5. The summed E-state index contributed by atoms with van der Waals surface area (Å²) in [6, 6.07) is 35.4. The Balaban J connectivity index is 1.35. The van der Waals surface area contributed by atoms with Gasteiger partial charge >= 0.3 is 11.9 Å². The van der Waals surface area contributed by atoms with Gasteiger partial charge in [-0.15, -0.1) is 0 Å². The lowest BCUT2D eigenvalue weighted by molar-refractivity contribution is -0.849. The van der Waals surface area contributed by atoms with Gasteiger partial charge in [0.25, 0.3) is 0 Å². The van der Waals surface area contributed by atoms with Crippen LogP contribution in [0.3, 0.4) is 0 Å². The number of benzene rings is 4. The molecule has 0 aromatic heterocycles. The molecule has 4 aromatic rings. The van der Waals surface area contributed by atoms with Crippen LogP contribution in [-0.2, 0) is 20.4 Å². The average Bonchev–Trinajstić information content (AvgIpc) is 3.47. The van der Waals surface area contributed by atoms with Crippen molar-refractivity contribution in [1.29, 1.82) is 5.26 Å². The van der Waals surface area contributed by atoms with Gasteiger partial charge in [0.1, 0.15) is 11.7 Å². The Bertz CT molecular complexity index is 2090. The molecule has 0 radical (unpaired) electrons. The minimum absolute atomic E-state index is 0.0243. The third-order valence-corrected chi connectivity index (χ3v) is 10.5. The molecule has 7 nitrogen and oxygen atoms in total. The molecule has 2 aliphatic rings. The molecular formula is C44H44N3O4+. The van der Waals surface area contributed by atoms with E-state index in [9.17, 15) is 25.1 Å². The maximum atomic E-state index is 11.7. The molecule has 0 saturated carbocycles. The van der Waals surface area contributed by atoms with E-state index in [0.717, 1.165) is 55.4 Å². The van der Waals surface area contributed by atoms with E-state index in [1.807, 2.05) is 54.6 Å². The Morgan fingerprint density at radius 2 is 1.39 bits per heavy atom. The van der Waals surface area contributed by atoms with E-state index in [4.69, 9.17) is 0 Å². The highest BCUT2D eigenvalue weighted by atomic mass is 16.4. The predicted octanol–water partition coefficient (Wildman–Crippen LogP) is 7.83. The van der Waals surface area contributed by atoms with Crippen LogP contribution in [0.15, 0.2) is 133 Å². The number of hydrogen-bond donors (Lipinski definition) is 3. The highest BCUT2D eigenvalue weighted by Crippen LogP contribution is 2.49. The standard InChI is InChI=1S/C44H43N3O4/c1-43(2)35-27-33(31-11-7-5-8-12-31)17-19-37(35)46(25-23-41(48)49)39(43)21-15-30(29-45)16-22-40-44(3,4)36-28-34(32-13-9-6-10-14-32)18-20-38(36)47(40)26-24-42(50)51/h5-22,27-28,39H,23-26H2,1-4H3,(H,48,49)(H,50,51)/p+1/b21-15+,30-16-,40-22+. The fourth-order valence-electron chi connectivity index (χ4n) is 7.76. The van der Waals surface area contributed by atoms with Crippen molar-refractivity contribution in [2.75, 3.05) is 18.0 Å². The van der Waals surface area contributed by atoms with Crippen LogP contribution in [0.1, 0.15) is 51.7 Å². The molecular weight excluding hydrogens is 635 g/mol. The fourth-order valence-corrected chi connectivity index (χ4v) is 7.76. The molecule has 2 atom stereocenters. The number of carboxylic acid groups (broad SMARTS) is 2. The molecule has 2 aliphatic heterocycles. The first-order chi connectivity index (χ1) is 24.4. The molecule has 3 N–H and O–H groups in total. The molecule has 6 rings (SSSR count). The van der Waals surface area contributed by atoms with Crippen LogP contribution in [0.4, 0.5) is 11.4 Å². The summed E-state index contributed by atoms with van der Waals surface area (Å²) < 4.78 is 0. The van der Waals surface area contributed by atoms with E-state index in [1.165, 1.54) is 0 Å². The second kappa shape index (κ2) is 14.3. The number of allylic oxidation sites excluding steroid dienone is 5. The second-order valence-electron chi connectivity index (χ2n) is 14.4. The fraction of sp³-hybridized carbons (Fsp3) is 0.250. The van der Waals surface area contributed by atoms with Gasteiger partial charge in [-0.3, -0.25) is 14.5 Å². The third-order valence-electron chi connectivity index (χ3n) is 10.5. The van der Waals surface area contributed by atoms with Crippen molar-refractivity contribution >= 4 is 23.3 Å². The number of rotatable bonds is 11. The van der Waals surface area contributed by atoms with Crippen LogP contribution in [0.5, 0.6) is 0 Å². The normalized spacial score (nSPS) is 19.5. The van der Waals surface area contributed by atoms with Crippen LogP contribution >= 0.6 is 0 Å². The number of aliphatic carboxylic acids is 2. The third kappa shape index (κ3) is 7.01. The molecule has 51 heavy (non-hydrogen) atoms. The van der Waals surface area contributed by atoms with Crippen LogP contribution < -0.4 is 9.80 Å². The average molecular weight is 679 g/mol. The molecule has 0 bridgehead atoms. The van der Waals surface area contributed by atoms with Crippen molar-refractivity contribution in [1.82, 2.24) is 0 Å². The van der Waals surface area contributed by atoms with Crippen molar-refractivity contribution in [2.24, 2.45) is 0 Å². The minimum Gasteiger partial charge on any atom is -0.481 e. The lowest BCUT2D eigenvalue weighted by Crippen LogP contribution is -3.10. The smallest absolute Gasteiger partial charge is 0.309 e. The maximum Gasteiger partial charge on any atom is 0.309 e. The second-order valence-corrected chi connectivity index (χ2v) is 14.4. The number of quaternary nitrogens is 1. The predicted molar refractivity (Wildman–Crippen MR) is 202 cm³/mol. The Labute approximate surface area is 300 Å². The van der Waals surface area contributed by atoms with E-state index in [0.29, 0.717) is 18.7 Å². The summed E-state index contributed by atoms with van der Waals surface area (Å²) in [6.45, 7) is 9.35. The quantitative estimate of drug-likeness (QED) is 0.110. The summed E-state index contributed by atoms with van der Waals surface area (Å²) in [5.74, 6) is -1.71. The van der Waals surface area contributed by atoms with E-state index in [1.54, 1.807) is 0 Å². The number of hydrogen-bond acceptors (Lipinski definition) is 4. The zero-order valence-corrected chi connectivity index (χ0v) is 29.6.